The number of aryl methyl sites for hydroxylation is 3. The van der Waals surface area contributed by atoms with Crippen molar-refractivity contribution in [1.29, 1.82) is 0 Å². The minimum Gasteiger partial charge on any atom is -0.307 e. The van der Waals surface area contributed by atoms with Gasteiger partial charge in [0.2, 0.25) is 10.0 Å². The van der Waals surface area contributed by atoms with Gasteiger partial charge in [-0.15, -0.1) is 0 Å². The van der Waals surface area contributed by atoms with Gasteiger partial charge in [0.25, 0.3) is 0 Å². The number of fused-ring (bicyclic) bond motifs is 2. The lowest BCUT2D eigenvalue weighted by molar-refractivity contribution is 0.256. The quantitative estimate of drug-likeness (QED) is 0.845. The van der Waals surface area contributed by atoms with E-state index in [2.05, 4.69) is 16.1 Å². The molecule has 0 unspecified atom stereocenters. The van der Waals surface area contributed by atoms with E-state index in [1.807, 2.05) is 25.1 Å². The number of rotatable bonds is 4. The fourth-order valence-corrected chi connectivity index (χ4v) is 5.33. The van der Waals surface area contributed by atoms with E-state index in [9.17, 15) is 13.2 Å². The number of sulfonamides is 1. The van der Waals surface area contributed by atoms with Gasteiger partial charge in [0.15, 0.2) is 0 Å². The standard InChI is InChI=1S/C21H24N2O3S/c1-14-5-2-6-15(11-14)13-27(25,26)23-21(24)22-20-18-9-3-7-16(18)12-17-8-4-10-19(17)20/h2,5-6,11-12H,3-4,7-10,13H2,1H3,(H2,22,23,24). The van der Waals surface area contributed by atoms with Gasteiger partial charge in [-0.25, -0.2) is 17.9 Å². The number of nitrogens with one attached hydrogen (secondary N) is 2. The number of benzene rings is 2. The Bertz CT molecular complexity index is 980. The van der Waals surface area contributed by atoms with Crippen molar-refractivity contribution in [3.8, 4) is 0 Å². The SMILES string of the molecule is Cc1cccc(CS(=O)(=O)NC(=O)Nc2c3c(cc4c2CCC4)CCC3)c1. The molecule has 5 nitrogen and oxygen atoms in total. The van der Waals surface area contributed by atoms with E-state index in [4.69, 9.17) is 0 Å². The smallest absolute Gasteiger partial charge is 0.307 e. The molecule has 0 bridgehead atoms. The molecule has 2 aromatic carbocycles. The molecule has 2 aliphatic carbocycles. The molecular weight excluding hydrogens is 360 g/mol. The maximum atomic E-state index is 12.5. The van der Waals surface area contributed by atoms with Gasteiger partial charge in [0, 0.05) is 5.69 Å². The number of hydrogen-bond acceptors (Lipinski definition) is 3. The lowest BCUT2D eigenvalue weighted by atomic mass is 9.99. The summed E-state index contributed by atoms with van der Waals surface area (Å²) in [5.74, 6) is -0.215. The fourth-order valence-electron chi connectivity index (χ4n) is 4.30. The van der Waals surface area contributed by atoms with Gasteiger partial charge < -0.3 is 5.32 Å². The third-order valence-corrected chi connectivity index (χ3v) is 6.61. The zero-order valence-corrected chi connectivity index (χ0v) is 16.3. The number of anilines is 1. The number of hydrogen-bond donors (Lipinski definition) is 2. The predicted octanol–water partition coefficient (Wildman–Crippen LogP) is 3.62. The summed E-state index contributed by atoms with van der Waals surface area (Å²) in [7, 11) is -3.76. The van der Waals surface area contributed by atoms with Crippen molar-refractivity contribution in [3.05, 3.63) is 63.7 Å². The molecule has 2 amide bonds. The Balaban J connectivity index is 1.52. The van der Waals surface area contributed by atoms with E-state index >= 15 is 0 Å². The minimum atomic E-state index is -3.76. The van der Waals surface area contributed by atoms with Crippen LogP contribution in [0.25, 0.3) is 0 Å². The summed E-state index contributed by atoms with van der Waals surface area (Å²) in [5, 5.41) is 2.87. The summed E-state index contributed by atoms with van der Waals surface area (Å²) >= 11 is 0. The van der Waals surface area contributed by atoms with Crippen molar-refractivity contribution in [2.75, 3.05) is 5.32 Å². The summed E-state index contributed by atoms with van der Waals surface area (Å²) in [6, 6.07) is 8.90. The van der Waals surface area contributed by atoms with Crippen molar-refractivity contribution in [2.45, 2.75) is 51.2 Å². The molecule has 2 aliphatic rings. The monoisotopic (exact) mass is 384 g/mol. The lowest BCUT2D eigenvalue weighted by Gasteiger charge is -2.16. The molecule has 0 heterocycles. The summed E-state index contributed by atoms with van der Waals surface area (Å²) < 4.78 is 27.0. The molecule has 0 spiro atoms. The molecule has 0 aliphatic heterocycles. The fraction of sp³-hybridized carbons (Fsp3) is 0.381. The molecule has 0 saturated carbocycles. The maximum absolute atomic E-state index is 12.5. The van der Waals surface area contributed by atoms with E-state index in [1.54, 1.807) is 6.07 Å². The van der Waals surface area contributed by atoms with E-state index < -0.39 is 16.1 Å². The van der Waals surface area contributed by atoms with Gasteiger partial charge in [-0.05, 0) is 73.3 Å². The van der Waals surface area contributed by atoms with Crippen molar-refractivity contribution >= 4 is 21.7 Å². The molecule has 4 rings (SSSR count). The van der Waals surface area contributed by atoms with E-state index in [1.165, 1.54) is 22.3 Å². The first-order valence-electron chi connectivity index (χ1n) is 9.45. The largest absolute Gasteiger partial charge is 0.332 e. The van der Waals surface area contributed by atoms with Crippen LogP contribution >= 0.6 is 0 Å². The van der Waals surface area contributed by atoms with Crippen LogP contribution in [0.3, 0.4) is 0 Å². The maximum Gasteiger partial charge on any atom is 0.332 e. The molecular formula is C21H24N2O3S. The Morgan fingerprint density at radius 2 is 1.67 bits per heavy atom. The van der Waals surface area contributed by atoms with Crippen LogP contribution < -0.4 is 10.0 Å². The average Bonchev–Trinajstić information content (AvgIpc) is 3.22. The zero-order chi connectivity index (χ0) is 19.0. The molecule has 0 fully saturated rings. The van der Waals surface area contributed by atoms with Crippen LogP contribution in [0.1, 0.15) is 46.2 Å². The average molecular weight is 385 g/mol. The summed E-state index contributed by atoms with van der Waals surface area (Å²) in [6.07, 6.45) is 6.11. The highest BCUT2D eigenvalue weighted by atomic mass is 32.2. The zero-order valence-electron chi connectivity index (χ0n) is 15.5. The van der Waals surface area contributed by atoms with Gasteiger partial charge in [-0.3, -0.25) is 0 Å². The minimum absolute atomic E-state index is 0.215. The lowest BCUT2D eigenvalue weighted by Crippen LogP contribution is -2.35. The van der Waals surface area contributed by atoms with Gasteiger partial charge in [0.05, 0.1) is 5.75 Å². The van der Waals surface area contributed by atoms with Gasteiger partial charge in [0.1, 0.15) is 0 Å². The molecule has 6 heteroatoms. The second-order valence-electron chi connectivity index (χ2n) is 7.54. The Morgan fingerprint density at radius 3 is 2.30 bits per heavy atom. The van der Waals surface area contributed by atoms with Crippen molar-refractivity contribution in [3.63, 3.8) is 0 Å². The molecule has 2 aromatic rings. The van der Waals surface area contributed by atoms with Gasteiger partial charge in [-0.2, -0.15) is 0 Å². The Hall–Kier alpha value is -2.34. The highest BCUT2D eigenvalue weighted by Gasteiger charge is 2.26. The summed E-state index contributed by atoms with van der Waals surface area (Å²) in [6.45, 7) is 1.91. The molecule has 0 saturated heterocycles. The Kier molecular flexibility index (Phi) is 4.68. The first-order valence-corrected chi connectivity index (χ1v) is 11.1. The molecule has 142 valence electrons. The van der Waals surface area contributed by atoms with Crippen LogP contribution in [0.15, 0.2) is 30.3 Å². The van der Waals surface area contributed by atoms with Crippen molar-refractivity contribution in [2.24, 2.45) is 0 Å². The van der Waals surface area contributed by atoms with Crippen LogP contribution in [0, 0.1) is 6.92 Å². The predicted molar refractivity (Wildman–Crippen MR) is 106 cm³/mol. The number of carbonyl (C=O) groups excluding carboxylic acids is 1. The van der Waals surface area contributed by atoms with Crippen LogP contribution in [0.4, 0.5) is 10.5 Å². The van der Waals surface area contributed by atoms with Crippen molar-refractivity contribution in [1.82, 2.24) is 4.72 Å². The first kappa shape index (κ1) is 18.0. The van der Waals surface area contributed by atoms with Crippen molar-refractivity contribution < 1.29 is 13.2 Å². The van der Waals surface area contributed by atoms with E-state index in [-0.39, 0.29) is 5.75 Å². The highest BCUT2D eigenvalue weighted by Crippen LogP contribution is 2.38. The first-order chi connectivity index (χ1) is 12.9. The topological polar surface area (TPSA) is 75.3 Å². The Labute approximate surface area is 160 Å². The second kappa shape index (κ2) is 7.00. The number of urea groups is 1. The van der Waals surface area contributed by atoms with E-state index in [0.29, 0.717) is 5.56 Å². The van der Waals surface area contributed by atoms with Crippen LogP contribution in [-0.4, -0.2) is 14.4 Å². The molecule has 27 heavy (non-hydrogen) atoms. The van der Waals surface area contributed by atoms with Crippen LogP contribution in [-0.2, 0) is 41.5 Å². The second-order valence-corrected chi connectivity index (χ2v) is 9.26. The summed E-state index contributed by atoms with van der Waals surface area (Å²) in [5.41, 5.74) is 7.46. The highest BCUT2D eigenvalue weighted by molar-refractivity contribution is 7.89. The molecule has 2 N–H and O–H groups in total. The molecule has 0 aromatic heterocycles. The van der Waals surface area contributed by atoms with Gasteiger partial charge >= 0.3 is 6.03 Å². The van der Waals surface area contributed by atoms with Crippen LogP contribution in [0.2, 0.25) is 0 Å². The third-order valence-electron chi connectivity index (χ3n) is 5.40. The number of amides is 2. The Morgan fingerprint density at radius 1 is 1.00 bits per heavy atom. The molecule has 0 atom stereocenters. The molecule has 0 radical (unpaired) electrons. The number of carbonyl (C=O) groups is 1. The normalized spacial score (nSPS) is 15.3. The summed E-state index contributed by atoms with van der Waals surface area (Å²) in [4.78, 5) is 12.5. The van der Waals surface area contributed by atoms with Gasteiger partial charge in [-0.1, -0.05) is 35.9 Å². The van der Waals surface area contributed by atoms with E-state index in [0.717, 1.165) is 49.8 Å². The van der Waals surface area contributed by atoms with Crippen LogP contribution in [0.5, 0.6) is 0 Å². The third kappa shape index (κ3) is 3.86.